The fraction of sp³-hybridized carbons (Fsp3) is 0.167. The molecule has 0 unspecified atom stereocenters. The van der Waals surface area contributed by atoms with Gasteiger partial charge in [0.05, 0.1) is 14.2 Å². The van der Waals surface area contributed by atoms with Crippen LogP contribution in [-0.4, -0.2) is 14.2 Å². The van der Waals surface area contributed by atoms with Gasteiger partial charge in [0.1, 0.15) is 11.5 Å². The van der Waals surface area contributed by atoms with Gasteiger partial charge in [-0.15, -0.1) is 11.8 Å². The molecule has 0 atom stereocenters. The van der Waals surface area contributed by atoms with Crippen LogP contribution in [0.1, 0.15) is 22.3 Å². The summed E-state index contributed by atoms with van der Waals surface area (Å²) in [7, 11) is 3.37. The van der Waals surface area contributed by atoms with Crippen LogP contribution < -0.4 is 9.47 Å². The Morgan fingerprint density at radius 2 is 1.67 bits per heavy atom. The van der Waals surface area contributed by atoms with Crippen molar-refractivity contribution in [3.8, 4) is 23.3 Å². The Bertz CT molecular complexity index is 969. The van der Waals surface area contributed by atoms with Gasteiger partial charge < -0.3 is 9.47 Å². The minimum atomic E-state index is 0.844. The van der Waals surface area contributed by atoms with Crippen LogP contribution in [0.3, 0.4) is 0 Å². The van der Waals surface area contributed by atoms with Crippen molar-refractivity contribution >= 4 is 11.8 Å². The fourth-order valence-corrected chi connectivity index (χ4v) is 3.67. The number of hydrogen-bond donors (Lipinski definition) is 0. The van der Waals surface area contributed by atoms with E-state index in [1.54, 1.807) is 26.0 Å². The first-order chi connectivity index (χ1) is 13.2. The van der Waals surface area contributed by atoms with Crippen molar-refractivity contribution < 1.29 is 9.47 Å². The van der Waals surface area contributed by atoms with E-state index in [-0.39, 0.29) is 0 Å². The highest BCUT2D eigenvalue weighted by molar-refractivity contribution is 7.98. The van der Waals surface area contributed by atoms with E-state index in [2.05, 4.69) is 42.2 Å². The second kappa shape index (κ2) is 9.21. The average Bonchev–Trinajstić information content (AvgIpc) is 2.71. The van der Waals surface area contributed by atoms with Gasteiger partial charge in [-0.1, -0.05) is 42.2 Å². The maximum absolute atomic E-state index is 5.39. The van der Waals surface area contributed by atoms with Gasteiger partial charge in [0.2, 0.25) is 0 Å². The Balaban J connectivity index is 1.85. The van der Waals surface area contributed by atoms with Gasteiger partial charge in [0, 0.05) is 21.8 Å². The zero-order valence-electron chi connectivity index (χ0n) is 15.8. The predicted molar refractivity (Wildman–Crippen MR) is 113 cm³/mol. The number of benzene rings is 3. The van der Waals surface area contributed by atoms with Gasteiger partial charge in [-0.3, -0.25) is 0 Å². The maximum atomic E-state index is 5.39. The molecule has 136 valence electrons. The number of thioether (sulfide) groups is 1. The first kappa shape index (κ1) is 18.9. The minimum absolute atomic E-state index is 0.844. The molecule has 0 aliphatic heterocycles. The third-order valence-electron chi connectivity index (χ3n) is 4.16. The van der Waals surface area contributed by atoms with E-state index in [1.807, 2.05) is 43.3 Å². The molecule has 3 heteroatoms. The molecule has 2 nitrogen and oxygen atoms in total. The lowest BCUT2D eigenvalue weighted by atomic mass is 10.1. The molecular formula is C24H22O2S. The predicted octanol–water partition coefficient (Wildman–Crippen LogP) is 5.70. The summed E-state index contributed by atoms with van der Waals surface area (Å²) >= 11 is 1.77. The molecule has 0 N–H and O–H groups in total. The SMILES string of the molecule is COc1ccc(C#Cc2ccc(OC)c(C)c2)c(SCc2ccccc2)c1. The number of hydrogen-bond acceptors (Lipinski definition) is 3. The molecule has 0 bridgehead atoms. The summed E-state index contributed by atoms with van der Waals surface area (Å²) in [5.74, 6) is 9.20. The van der Waals surface area contributed by atoms with Crippen molar-refractivity contribution in [2.45, 2.75) is 17.6 Å². The van der Waals surface area contributed by atoms with Gasteiger partial charge in [0.15, 0.2) is 0 Å². The normalized spacial score (nSPS) is 10.0. The van der Waals surface area contributed by atoms with Crippen molar-refractivity contribution in [2.75, 3.05) is 14.2 Å². The van der Waals surface area contributed by atoms with Crippen LogP contribution in [0.25, 0.3) is 0 Å². The lowest BCUT2D eigenvalue weighted by Crippen LogP contribution is -1.89. The Hall–Kier alpha value is -2.83. The number of rotatable bonds is 5. The van der Waals surface area contributed by atoms with Gasteiger partial charge >= 0.3 is 0 Å². The first-order valence-corrected chi connectivity index (χ1v) is 9.69. The molecule has 0 fully saturated rings. The molecule has 0 heterocycles. The standard InChI is InChI=1S/C24H22O2S/c1-18-15-19(10-14-23(18)26-3)9-11-21-12-13-22(25-2)16-24(21)27-17-20-7-5-4-6-8-20/h4-8,10,12-16H,17H2,1-3H3. The number of ether oxygens (including phenoxy) is 2. The number of aryl methyl sites for hydroxylation is 1. The Kier molecular flexibility index (Phi) is 6.46. The fourth-order valence-electron chi connectivity index (χ4n) is 2.68. The van der Waals surface area contributed by atoms with Crippen LogP contribution in [0, 0.1) is 18.8 Å². The third-order valence-corrected chi connectivity index (χ3v) is 5.29. The first-order valence-electron chi connectivity index (χ1n) is 8.71. The molecule has 0 saturated heterocycles. The summed E-state index contributed by atoms with van der Waals surface area (Å²) in [5, 5.41) is 0. The van der Waals surface area contributed by atoms with Crippen LogP contribution >= 0.6 is 11.8 Å². The van der Waals surface area contributed by atoms with Crippen LogP contribution in [0.5, 0.6) is 11.5 Å². The zero-order chi connectivity index (χ0) is 19.1. The highest BCUT2D eigenvalue weighted by Crippen LogP contribution is 2.29. The molecule has 0 aliphatic rings. The highest BCUT2D eigenvalue weighted by Gasteiger charge is 2.05. The molecule has 0 aromatic heterocycles. The quantitative estimate of drug-likeness (QED) is 0.421. The molecule has 3 aromatic rings. The highest BCUT2D eigenvalue weighted by atomic mass is 32.2. The molecule has 27 heavy (non-hydrogen) atoms. The average molecular weight is 375 g/mol. The molecular weight excluding hydrogens is 352 g/mol. The summed E-state index contributed by atoms with van der Waals surface area (Å²) in [6.45, 7) is 2.03. The Morgan fingerprint density at radius 1 is 0.852 bits per heavy atom. The van der Waals surface area contributed by atoms with Gasteiger partial charge in [0.25, 0.3) is 0 Å². The lowest BCUT2D eigenvalue weighted by Gasteiger charge is -2.08. The van der Waals surface area contributed by atoms with Crippen molar-refractivity contribution in [1.82, 2.24) is 0 Å². The third kappa shape index (κ3) is 5.09. The minimum Gasteiger partial charge on any atom is -0.497 e. The summed E-state index contributed by atoms with van der Waals surface area (Å²) in [6, 6.07) is 22.5. The van der Waals surface area contributed by atoms with E-state index >= 15 is 0 Å². The molecule has 3 aromatic carbocycles. The second-order valence-corrected chi connectivity index (χ2v) is 7.09. The summed E-state index contributed by atoms with van der Waals surface area (Å²) in [5.41, 5.74) is 4.35. The molecule has 0 aliphatic carbocycles. The van der Waals surface area contributed by atoms with Gasteiger partial charge in [-0.05, 0) is 54.4 Å². The van der Waals surface area contributed by atoms with E-state index in [0.29, 0.717) is 0 Å². The number of methoxy groups -OCH3 is 2. The van der Waals surface area contributed by atoms with Crippen molar-refractivity contribution in [3.05, 3.63) is 89.0 Å². The van der Waals surface area contributed by atoms with E-state index < -0.39 is 0 Å². The smallest absolute Gasteiger partial charge is 0.121 e. The Labute approximate surface area is 165 Å². The summed E-state index contributed by atoms with van der Waals surface area (Å²) < 4.78 is 10.7. The van der Waals surface area contributed by atoms with Crippen LogP contribution in [0.15, 0.2) is 71.6 Å². The van der Waals surface area contributed by atoms with Crippen LogP contribution in [-0.2, 0) is 5.75 Å². The lowest BCUT2D eigenvalue weighted by molar-refractivity contribution is 0.411. The van der Waals surface area contributed by atoms with Gasteiger partial charge in [-0.25, -0.2) is 0 Å². The van der Waals surface area contributed by atoms with E-state index in [1.165, 1.54) is 5.56 Å². The molecule has 0 amide bonds. The molecule has 0 saturated carbocycles. The summed E-state index contributed by atoms with van der Waals surface area (Å²) in [4.78, 5) is 1.12. The Morgan fingerprint density at radius 3 is 2.37 bits per heavy atom. The van der Waals surface area contributed by atoms with E-state index in [9.17, 15) is 0 Å². The maximum Gasteiger partial charge on any atom is 0.121 e. The van der Waals surface area contributed by atoms with E-state index in [4.69, 9.17) is 9.47 Å². The van der Waals surface area contributed by atoms with Gasteiger partial charge in [-0.2, -0.15) is 0 Å². The van der Waals surface area contributed by atoms with E-state index in [0.717, 1.165) is 38.8 Å². The van der Waals surface area contributed by atoms with Crippen molar-refractivity contribution in [2.24, 2.45) is 0 Å². The van der Waals surface area contributed by atoms with Crippen molar-refractivity contribution in [1.29, 1.82) is 0 Å². The largest absolute Gasteiger partial charge is 0.497 e. The zero-order valence-corrected chi connectivity index (χ0v) is 16.6. The van der Waals surface area contributed by atoms with Crippen molar-refractivity contribution in [3.63, 3.8) is 0 Å². The summed E-state index contributed by atoms with van der Waals surface area (Å²) in [6.07, 6.45) is 0. The molecule has 0 spiro atoms. The molecule has 0 radical (unpaired) electrons. The van der Waals surface area contributed by atoms with Crippen LogP contribution in [0.4, 0.5) is 0 Å². The topological polar surface area (TPSA) is 18.5 Å². The van der Waals surface area contributed by atoms with Crippen LogP contribution in [0.2, 0.25) is 0 Å². The molecule has 3 rings (SSSR count). The monoisotopic (exact) mass is 374 g/mol. The second-order valence-electron chi connectivity index (χ2n) is 6.07.